The largest absolute Gasteiger partial charge is 0.339 e. The van der Waals surface area contributed by atoms with Gasteiger partial charge in [-0.3, -0.25) is 4.79 Å². The molecule has 0 heterocycles. The van der Waals surface area contributed by atoms with E-state index in [0.29, 0.717) is 0 Å². The third-order valence-corrected chi connectivity index (χ3v) is 3.60. The van der Waals surface area contributed by atoms with E-state index >= 15 is 0 Å². The number of benzene rings is 1. The second-order valence-corrected chi connectivity index (χ2v) is 5.93. The topological polar surface area (TPSA) is 20.3 Å². The second-order valence-electron chi connectivity index (χ2n) is 5.02. The van der Waals surface area contributed by atoms with Gasteiger partial charge in [-0.15, -0.1) is 0 Å². The predicted octanol–water partition coefficient (Wildman–Crippen LogP) is 4.80. The molecule has 0 N–H and O–H groups in total. The summed E-state index contributed by atoms with van der Waals surface area (Å²) in [6.45, 7) is 8.06. The van der Waals surface area contributed by atoms with Gasteiger partial charge in [-0.2, -0.15) is 0 Å². The second kappa shape index (κ2) is 8.36. The Hall–Kier alpha value is -0.830. The molecule has 0 atom stereocenters. The lowest BCUT2D eigenvalue weighted by molar-refractivity contribution is 0.0751. The van der Waals surface area contributed by atoms with E-state index in [1.165, 1.54) is 0 Å². The molecule has 0 unspecified atom stereocenters. The average molecular weight is 326 g/mol. The summed E-state index contributed by atoms with van der Waals surface area (Å²) in [6.07, 6.45) is 4.38. The van der Waals surface area contributed by atoms with Crippen molar-refractivity contribution in [1.82, 2.24) is 4.90 Å². The van der Waals surface area contributed by atoms with E-state index in [1.807, 2.05) is 30.0 Å². The fourth-order valence-electron chi connectivity index (χ4n) is 2.06. The fraction of sp³-hybridized carbons (Fsp3) is 0.562. The summed E-state index contributed by atoms with van der Waals surface area (Å²) >= 11 is 3.46. The zero-order valence-corrected chi connectivity index (χ0v) is 13.8. The van der Waals surface area contributed by atoms with Crippen molar-refractivity contribution in [2.75, 3.05) is 13.1 Å². The molecule has 1 amide bonds. The van der Waals surface area contributed by atoms with E-state index in [0.717, 1.165) is 54.4 Å². The SMILES string of the molecule is CCCCN(CCCC)C(=O)c1cc(C)cc(Br)c1. The lowest BCUT2D eigenvalue weighted by Gasteiger charge is -2.22. The van der Waals surface area contributed by atoms with E-state index in [1.54, 1.807) is 0 Å². The first kappa shape index (κ1) is 16.2. The smallest absolute Gasteiger partial charge is 0.253 e. The van der Waals surface area contributed by atoms with Crippen LogP contribution in [0.1, 0.15) is 55.5 Å². The van der Waals surface area contributed by atoms with Gasteiger partial charge >= 0.3 is 0 Å². The third kappa shape index (κ3) is 5.35. The van der Waals surface area contributed by atoms with Crippen LogP contribution in [0.25, 0.3) is 0 Å². The Labute approximate surface area is 125 Å². The molecule has 0 aromatic heterocycles. The van der Waals surface area contributed by atoms with Crippen molar-refractivity contribution in [3.05, 3.63) is 33.8 Å². The molecule has 0 saturated carbocycles. The van der Waals surface area contributed by atoms with Crippen LogP contribution in [0, 0.1) is 6.92 Å². The van der Waals surface area contributed by atoms with Gasteiger partial charge in [-0.05, 0) is 43.5 Å². The Morgan fingerprint density at radius 1 is 1.11 bits per heavy atom. The molecule has 0 radical (unpaired) electrons. The fourth-order valence-corrected chi connectivity index (χ4v) is 2.66. The zero-order valence-electron chi connectivity index (χ0n) is 12.2. The molecule has 0 aliphatic rings. The summed E-state index contributed by atoms with van der Waals surface area (Å²) in [6, 6.07) is 5.91. The Bertz CT molecular complexity index is 389. The summed E-state index contributed by atoms with van der Waals surface area (Å²) in [5, 5.41) is 0. The van der Waals surface area contributed by atoms with Crippen LogP contribution in [0.5, 0.6) is 0 Å². The molecular formula is C16H24BrNO. The molecule has 19 heavy (non-hydrogen) atoms. The highest BCUT2D eigenvalue weighted by molar-refractivity contribution is 9.10. The van der Waals surface area contributed by atoms with Crippen LogP contribution < -0.4 is 0 Å². The van der Waals surface area contributed by atoms with Crippen LogP contribution in [0.2, 0.25) is 0 Å². The molecular weight excluding hydrogens is 302 g/mol. The monoisotopic (exact) mass is 325 g/mol. The number of rotatable bonds is 7. The van der Waals surface area contributed by atoms with Crippen molar-refractivity contribution in [2.45, 2.75) is 46.5 Å². The van der Waals surface area contributed by atoms with E-state index < -0.39 is 0 Å². The molecule has 1 rings (SSSR count). The van der Waals surface area contributed by atoms with Gasteiger partial charge in [0.05, 0.1) is 0 Å². The third-order valence-electron chi connectivity index (χ3n) is 3.14. The minimum atomic E-state index is 0.159. The molecule has 0 fully saturated rings. The summed E-state index contributed by atoms with van der Waals surface area (Å²) in [5.74, 6) is 0.159. The maximum absolute atomic E-state index is 12.6. The molecule has 0 saturated heterocycles. The molecule has 0 aliphatic carbocycles. The van der Waals surface area contributed by atoms with Crippen LogP contribution in [0.3, 0.4) is 0 Å². The molecule has 1 aromatic rings. The summed E-state index contributed by atoms with van der Waals surface area (Å²) in [7, 11) is 0. The first-order valence-corrected chi connectivity index (χ1v) is 7.94. The highest BCUT2D eigenvalue weighted by atomic mass is 79.9. The number of nitrogens with zero attached hydrogens (tertiary/aromatic N) is 1. The van der Waals surface area contributed by atoms with Crippen molar-refractivity contribution < 1.29 is 4.79 Å². The van der Waals surface area contributed by atoms with Crippen LogP contribution >= 0.6 is 15.9 Å². The standard InChI is InChI=1S/C16H24BrNO/c1-4-6-8-18(9-7-5-2)16(19)14-10-13(3)11-15(17)12-14/h10-12H,4-9H2,1-3H3. The number of hydrogen-bond acceptors (Lipinski definition) is 1. The van der Waals surface area contributed by atoms with E-state index in [9.17, 15) is 4.79 Å². The Morgan fingerprint density at radius 2 is 1.68 bits per heavy atom. The number of aryl methyl sites for hydroxylation is 1. The minimum Gasteiger partial charge on any atom is -0.339 e. The quantitative estimate of drug-likeness (QED) is 0.705. The zero-order chi connectivity index (χ0) is 14.3. The Morgan fingerprint density at radius 3 is 2.16 bits per heavy atom. The van der Waals surface area contributed by atoms with Gasteiger partial charge in [0, 0.05) is 23.1 Å². The normalized spacial score (nSPS) is 10.5. The van der Waals surface area contributed by atoms with Gasteiger partial charge < -0.3 is 4.90 Å². The summed E-state index contributed by atoms with van der Waals surface area (Å²) in [5.41, 5.74) is 1.91. The summed E-state index contributed by atoms with van der Waals surface area (Å²) in [4.78, 5) is 14.6. The predicted molar refractivity (Wildman–Crippen MR) is 84.6 cm³/mol. The van der Waals surface area contributed by atoms with Crippen LogP contribution in [0.15, 0.2) is 22.7 Å². The molecule has 0 aliphatic heterocycles. The first-order chi connectivity index (χ1) is 9.08. The highest BCUT2D eigenvalue weighted by Crippen LogP contribution is 2.17. The van der Waals surface area contributed by atoms with E-state index in [4.69, 9.17) is 0 Å². The van der Waals surface area contributed by atoms with Crippen molar-refractivity contribution in [3.8, 4) is 0 Å². The maximum Gasteiger partial charge on any atom is 0.253 e. The number of halogens is 1. The van der Waals surface area contributed by atoms with Gasteiger partial charge in [-0.1, -0.05) is 42.6 Å². The van der Waals surface area contributed by atoms with Crippen molar-refractivity contribution in [2.24, 2.45) is 0 Å². The minimum absolute atomic E-state index is 0.159. The Balaban J connectivity index is 2.84. The first-order valence-electron chi connectivity index (χ1n) is 7.15. The van der Waals surface area contributed by atoms with Crippen molar-refractivity contribution in [1.29, 1.82) is 0 Å². The average Bonchev–Trinajstić information content (AvgIpc) is 2.37. The van der Waals surface area contributed by atoms with Crippen molar-refractivity contribution in [3.63, 3.8) is 0 Å². The molecule has 1 aromatic carbocycles. The van der Waals surface area contributed by atoms with Crippen LogP contribution in [-0.2, 0) is 0 Å². The molecule has 0 bridgehead atoms. The van der Waals surface area contributed by atoms with Gasteiger partial charge in [0.2, 0.25) is 0 Å². The van der Waals surface area contributed by atoms with E-state index in [2.05, 4.69) is 29.8 Å². The Kier molecular flexibility index (Phi) is 7.14. The molecule has 106 valence electrons. The highest BCUT2D eigenvalue weighted by Gasteiger charge is 2.15. The van der Waals surface area contributed by atoms with Crippen molar-refractivity contribution >= 4 is 21.8 Å². The lowest BCUT2D eigenvalue weighted by Crippen LogP contribution is -2.33. The van der Waals surface area contributed by atoms with Gasteiger partial charge in [0.15, 0.2) is 0 Å². The maximum atomic E-state index is 12.6. The number of carbonyl (C=O) groups excluding carboxylic acids is 1. The number of carbonyl (C=O) groups is 1. The van der Waals surface area contributed by atoms with Gasteiger partial charge in [0.25, 0.3) is 5.91 Å². The van der Waals surface area contributed by atoms with Crippen LogP contribution in [-0.4, -0.2) is 23.9 Å². The van der Waals surface area contributed by atoms with Gasteiger partial charge in [0.1, 0.15) is 0 Å². The summed E-state index contributed by atoms with van der Waals surface area (Å²) < 4.78 is 0.974. The van der Waals surface area contributed by atoms with Crippen LogP contribution in [0.4, 0.5) is 0 Å². The molecule has 2 nitrogen and oxygen atoms in total. The molecule has 3 heteroatoms. The van der Waals surface area contributed by atoms with Gasteiger partial charge in [-0.25, -0.2) is 0 Å². The lowest BCUT2D eigenvalue weighted by atomic mass is 10.1. The van der Waals surface area contributed by atoms with E-state index in [-0.39, 0.29) is 5.91 Å². The number of unbranched alkanes of at least 4 members (excludes halogenated alkanes) is 2. The molecule has 0 spiro atoms. The number of hydrogen-bond donors (Lipinski definition) is 0. The number of amides is 1.